The van der Waals surface area contributed by atoms with Gasteiger partial charge in [-0.3, -0.25) is 9.69 Å². The maximum Gasteiger partial charge on any atom is 0.416 e. The quantitative estimate of drug-likeness (QED) is 0.230. The van der Waals surface area contributed by atoms with Gasteiger partial charge in [0.05, 0.1) is 73.8 Å². The summed E-state index contributed by atoms with van der Waals surface area (Å²) in [5.74, 6) is -0.191. The van der Waals surface area contributed by atoms with Crippen molar-refractivity contribution in [1.82, 2.24) is 9.80 Å². The van der Waals surface area contributed by atoms with Gasteiger partial charge in [-0.25, -0.2) is 0 Å². The number of methoxy groups -OCH3 is 1. The summed E-state index contributed by atoms with van der Waals surface area (Å²) < 4.78 is 61.3. The molecule has 0 spiro atoms. The van der Waals surface area contributed by atoms with E-state index >= 15 is 0 Å². The van der Waals surface area contributed by atoms with Crippen LogP contribution >= 0.6 is 23.2 Å². The molecule has 12 heteroatoms. The summed E-state index contributed by atoms with van der Waals surface area (Å²) in [4.78, 5) is 17.0. The molecule has 1 fully saturated rings. The molecule has 0 aliphatic carbocycles. The van der Waals surface area contributed by atoms with Gasteiger partial charge in [0.15, 0.2) is 0 Å². The van der Waals surface area contributed by atoms with E-state index in [1.54, 1.807) is 37.3 Å². The Balaban J connectivity index is 1.58. The number of rotatable bonds is 16. The molecule has 2 atom stereocenters. The molecule has 7 nitrogen and oxygen atoms in total. The molecule has 1 amide bonds. The number of likely N-dealkylation sites (N-methyl/N-ethyl adjacent to an activating group) is 1. The molecule has 1 unspecified atom stereocenters. The number of nitrogens with zero attached hydrogens (tertiary/aromatic N) is 2. The molecule has 1 heterocycles. The first kappa shape index (κ1) is 33.6. The molecule has 0 radical (unpaired) electrons. The van der Waals surface area contributed by atoms with E-state index in [1.165, 1.54) is 12.1 Å². The highest BCUT2D eigenvalue weighted by molar-refractivity contribution is 6.42. The first-order valence-corrected chi connectivity index (χ1v) is 14.2. The fourth-order valence-electron chi connectivity index (χ4n) is 4.55. The van der Waals surface area contributed by atoms with Crippen LogP contribution in [0.15, 0.2) is 42.5 Å². The van der Waals surface area contributed by atoms with Gasteiger partial charge in [0, 0.05) is 33.8 Å². The molecule has 2 aromatic rings. The molecule has 3 rings (SSSR count). The lowest BCUT2D eigenvalue weighted by Crippen LogP contribution is -2.39. The number of halogens is 5. The Kier molecular flexibility index (Phi) is 13.6. The van der Waals surface area contributed by atoms with Crippen LogP contribution in [0.25, 0.3) is 0 Å². The van der Waals surface area contributed by atoms with E-state index in [4.69, 9.17) is 42.1 Å². The van der Waals surface area contributed by atoms with Crippen molar-refractivity contribution in [2.45, 2.75) is 31.2 Å². The van der Waals surface area contributed by atoms with Crippen molar-refractivity contribution in [3.8, 4) is 0 Å². The van der Waals surface area contributed by atoms with Crippen molar-refractivity contribution in [2.24, 2.45) is 0 Å². The summed E-state index contributed by atoms with van der Waals surface area (Å²) in [7, 11) is 3.29. The number of carbonyl (C=O) groups excluding carboxylic acids is 1. The second-order valence-electron chi connectivity index (χ2n) is 9.82. The van der Waals surface area contributed by atoms with Gasteiger partial charge < -0.3 is 23.8 Å². The van der Waals surface area contributed by atoms with E-state index in [9.17, 15) is 18.0 Å². The maximum atomic E-state index is 13.3. The number of hydrogen-bond acceptors (Lipinski definition) is 6. The van der Waals surface area contributed by atoms with Crippen LogP contribution < -0.4 is 0 Å². The summed E-state index contributed by atoms with van der Waals surface area (Å²) in [6, 6.07) is 9.53. The third kappa shape index (κ3) is 11.0. The van der Waals surface area contributed by atoms with E-state index in [0.29, 0.717) is 73.9 Å². The average Bonchev–Trinajstić information content (AvgIpc) is 3.39. The van der Waals surface area contributed by atoms with Crippen molar-refractivity contribution >= 4 is 29.1 Å². The molecule has 1 aliphatic heterocycles. The number of likely N-dealkylation sites (tertiary alicyclic amines) is 1. The normalized spacial score (nSPS) is 16.7. The van der Waals surface area contributed by atoms with Crippen molar-refractivity contribution in [3.05, 3.63) is 69.2 Å². The second kappa shape index (κ2) is 16.6. The fraction of sp³-hybridized carbons (Fsp3) is 0.552. The third-order valence-corrected chi connectivity index (χ3v) is 7.61. The van der Waals surface area contributed by atoms with E-state index in [-0.39, 0.29) is 18.4 Å². The number of ether oxygens (including phenoxy) is 4. The first-order chi connectivity index (χ1) is 19.6. The third-order valence-electron chi connectivity index (χ3n) is 6.87. The van der Waals surface area contributed by atoms with Crippen molar-refractivity contribution in [2.75, 3.05) is 73.4 Å². The standard InChI is InChI=1S/C29H37Cl2F3N2O5/c1-35(28(37)18-21-3-8-25(30)26(31)17-21)27(22-4-6-23(7-5-22)29(32,33)34)20-36-10-9-24(19-36)41-16-15-40-14-13-39-12-11-38-2/h3-8,17,24,27H,9-16,18-20H2,1-2H3/t24-,27?/m0/s1. The summed E-state index contributed by atoms with van der Waals surface area (Å²) >= 11 is 12.1. The van der Waals surface area contributed by atoms with E-state index in [2.05, 4.69) is 4.90 Å². The lowest BCUT2D eigenvalue weighted by molar-refractivity contribution is -0.137. The van der Waals surface area contributed by atoms with Crippen LogP contribution in [-0.2, 0) is 36.3 Å². The first-order valence-electron chi connectivity index (χ1n) is 13.4. The Hall–Kier alpha value is -1.92. The number of alkyl halides is 3. The largest absolute Gasteiger partial charge is 0.416 e. The Morgan fingerprint density at radius 3 is 2.29 bits per heavy atom. The summed E-state index contributed by atoms with van der Waals surface area (Å²) in [6.07, 6.45) is -3.56. The van der Waals surface area contributed by atoms with Gasteiger partial charge in [-0.1, -0.05) is 41.4 Å². The molecule has 0 aromatic heterocycles. The molecule has 0 saturated carbocycles. The van der Waals surface area contributed by atoms with Gasteiger partial charge in [0.25, 0.3) is 0 Å². The van der Waals surface area contributed by atoms with Crippen molar-refractivity contribution < 1.29 is 36.9 Å². The summed E-state index contributed by atoms with van der Waals surface area (Å²) in [6.45, 7) is 4.76. The molecule has 0 bridgehead atoms. The maximum absolute atomic E-state index is 13.3. The van der Waals surface area contributed by atoms with Crippen molar-refractivity contribution in [3.63, 3.8) is 0 Å². The average molecular weight is 622 g/mol. The van der Waals surface area contributed by atoms with Crippen LogP contribution in [0.2, 0.25) is 10.0 Å². The molecule has 1 aliphatic rings. The topological polar surface area (TPSA) is 60.5 Å². The zero-order chi connectivity index (χ0) is 29.8. The minimum absolute atomic E-state index is 0.00188. The zero-order valence-corrected chi connectivity index (χ0v) is 24.8. The Morgan fingerprint density at radius 2 is 1.66 bits per heavy atom. The van der Waals surface area contributed by atoms with Crippen LogP contribution in [0, 0.1) is 0 Å². The van der Waals surface area contributed by atoms with E-state index in [1.807, 2.05) is 0 Å². The predicted molar refractivity (Wildman–Crippen MR) is 151 cm³/mol. The molecule has 2 aromatic carbocycles. The minimum atomic E-state index is -4.44. The van der Waals surface area contributed by atoms with Crippen LogP contribution in [0.5, 0.6) is 0 Å². The Bertz CT molecular complexity index is 1090. The predicted octanol–water partition coefficient (Wildman–Crippen LogP) is 5.52. The Labute approximate surface area is 249 Å². The smallest absolute Gasteiger partial charge is 0.382 e. The van der Waals surface area contributed by atoms with Crippen LogP contribution in [0.4, 0.5) is 13.2 Å². The molecular formula is C29H37Cl2F3N2O5. The zero-order valence-electron chi connectivity index (χ0n) is 23.3. The van der Waals surface area contributed by atoms with Crippen LogP contribution in [0.1, 0.15) is 29.2 Å². The van der Waals surface area contributed by atoms with Crippen LogP contribution in [0.3, 0.4) is 0 Å². The molecule has 228 valence electrons. The minimum Gasteiger partial charge on any atom is -0.382 e. The highest BCUT2D eigenvalue weighted by atomic mass is 35.5. The summed E-state index contributed by atoms with van der Waals surface area (Å²) in [5, 5.41) is 0.742. The molecule has 1 saturated heterocycles. The lowest BCUT2D eigenvalue weighted by Gasteiger charge is -2.32. The number of carbonyl (C=O) groups is 1. The number of benzene rings is 2. The summed E-state index contributed by atoms with van der Waals surface area (Å²) in [5.41, 5.74) is 0.581. The van der Waals surface area contributed by atoms with Gasteiger partial charge in [-0.2, -0.15) is 13.2 Å². The second-order valence-corrected chi connectivity index (χ2v) is 10.6. The highest BCUT2D eigenvalue weighted by Gasteiger charge is 2.32. The van der Waals surface area contributed by atoms with Gasteiger partial charge in [-0.15, -0.1) is 0 Å². The Morgan fingerprint density at radius 1 is 1.00 bits per heavy atom. The molecular weight excluding hydrogens is 584 g/mol. The van der Waals surface area contributed by atoms with Crippen molar-refractivity contribution in [1.29, 1.82) is 0 Å². The van der Waals surface area contributed by atoms with E-state index < -0.39 is 17.8 Å². The SMILES string of the molecule is COCCOCCOCCO[C@H]1CCN(CC(c2ccc(C(F)(F)F)cc2)N(C)C(=O)Cc2ccc(Cl)c(Cl)c2)C1. The molecule has 0 N–H and O–H groups in total. The number of hydrogen-bond donors (Lipinski definition) is 0. The van der Waals surface area contributed by atoms with Gasteiger partial charge in [0.1, 0.15) is 0 Å². The van der Waals surface area contributed by atoms with Gasteiger partial charge >= 0.3 is 6.18 Å². The van der Waals surface area contributed by atoms with E-state index in [0.717, 1.165) is 25.1 Å². The van der Waals surface area contributed by atoms with Gasteiger partial charge in [-0.05, 0) is 41.8 Å². The fourth-order valence-corrected chi connectivity index (χ4v) is 4.87. The number of amides is 1. The monoisotopic (exact) mass is 620 g/mol. The molecule has 41 heavy (non-hydrogen) atoms. The highest BCUT2D eigenvalue weighted by Crippen LogP contribution is 2.32. The lowest BCUT2D eigenvalue weighted by atomic mass is 10.0. The van der Waals surface area contributed by atoms with Gasteiger partial charge in [0.2, 0.25) is 5.91 Å². The van der Waals surface area contributed by atoms with Crippen LogP contribution in [-0.4, -0.2) is 95.2 Å².